The molecule has 4 aliphatic rings. The number of hydrogen-bond donors (Lipinski definition) is 5. The second kappa shape index (κ2) is 29.5. The number of thiazole rings is 1. The highest BCUT2D eigenvalue weighted by molar-refractivity contribution is 7.13. The summed E-state index contributed by atoms with van der Waals surface area (Å²) in [7, 11) is 3.51. The molecule has 2 aromatic heterocycles. The van der Waals surface area contributed by atoms with E-state index < -0.39 is 47.0 Å². The van der Waals surface area contributed by atoms with Crippen LogP contribution in [0.2, 0.25) is 0 Å². The van der Waals surface area contributed by atoms with Gasteiger partial charge in [-0.3, -0.25) is 33.7 Å². The van der Waals surface area contributed by atoms with Gasteiger partial charge in [-0.2, -0.15) is 0 Å². The average molecular weight is 1230 g/mol. The number of fused-ring (bicyclic) bond motifs is 2. The molecule has 2 aliphatic carbocycles. The van der Waals surface area contributed by atoms with E-state index >= 15 is 0 Å². The van der Waals surface area contributed by atoms with Crippen molar-refractivity contribution < 1.29 is 61.9 Å². The summed E-state index contributed by atoms with van der Waals surface area (Å²) < 4.78 is 45.7. The van der Waals surface area contributed by atoms with Crippen LogP contribution in [-0.2, 0) is 69.8 Å². The van der Waals surface area contributed by atoms with Gasteiger partial charge in [-0.1, -0.05) is 57.2 Å². The molecule has 88 heavy (non-hydrogen) atoms. The maximum Gasteiger partial charge on any atom is 0.268 e. The van der Waals surface area contributed by atoms with Crippen molar-refractivity contribution in [3.05, 3.63) is 124 Å². The first kappa shape index (κ1) is 65.3. The third-order valence-corrected chi connectivity index (χ3v) is 17.7. The summed E-state index contributed by atoms with van der Waals surface area (Å²) >= 11 is 1.50. The van der Waals surface area contributed by atoms with E-state index in [4.69, 9.17) is 23.7 Å². The van der Waals surface area contributed by atoms with E-state index in [0.717, 1.165) is 59.6 Å². The maximum absolute atomic E-state index is 14.7. The average Bonchev–Trinajstić information content (AvgIpc) is 1.41. The fraction of sp³-hybridized carbons (Fsp3) is 0.523. The van der Waals surface area contributed by atoms with Crippen molar-refractivity contribution in [3.63, 3.8) is 0 Å². The quantitative estimate of drug-likeness (QED) is 0.0307. The van der Waals surface area contributed by atoms with Crippen LogP contribution in [0.15, 0.2) is 84.4 Å². The van der Waals surface area contributed by atoms with Crippen molar-refractivity contribution in [3.8, 4) is 16.2 Å². The Labute approximate surface area is 517 Å². The number of likely N-dealkylation sites (tertiary alicyclic amines) is 1. The molecule has 474 valence electrons. The number of aliphatic hydroxyl groups is 1. The minimum absolute atomic E-state index is 0.00437. The highest BCUT2D eigenvalue weighted by Crippen LogP contribution is 2.49. The molecule has 6 amide bonds. The number of aliphatic hydroxyl groups excluding tert-OH is 1. The lowest BCUT2D eigenvalue weighted by molar-refractivity contribution is -0.145. The predicted molar refractivity (Wildman–Crippen MR) is 329 cm³/mol. The molecule has 21 nitrogen and oxygen atoms in total. The molecule has 4 heterocycles. The number of ether oxygens (including phenoxy) is 5. The normalized spacial score (nSPS) is 17.8. The molecule has 2 saturated carbocycles. The molecule has 3 atom stereocenters. The Morgan fingerprint density at radius 2 is 1.45 bits per heavy atom. The van der Waals surface area contributed by atoms with Crippen LogP contribution < -0.4 is 26.0 Å². The summed E-state index contributed by atoms with van der Waals surface area (Å²) in [6, 6.07) is 22.9. The number of nitrogens with zero attached hydrogens (tertiary/aromatic N) is 5. The topological polar surface area (TPSA) is 244 Å². The van der Waals surface area contributed by atoms with Crippen molar-refractivity contribution in [2.45, 2.75) is 128 Å². The zero-order valence-electron chi connectivity index (χ0n) is 51.3. The molecule has 5 aromatic rings. The fourth-order valence-corrected chi connectivity index (χ4v) is 12.2. The fourth-order valence-electron chi connectivity index (χ4n) is 11.4. The van der Waals surface area contributed by atoms with Gasteiger partial charge in [0.05, 0.1) is 87.0 Å². The molecule has 1 spiro atoms. The van der Waals surface area contributed by atoms with Crippen molar-refractivity contribution in [1.29, 1.82) is 0 Å². The third kappa shape index (κ3) is 16.4. The SMILES string of the molecule is Cc1ncsc1-c1ccc(CNC(=O)[C@@H]2C[C@@H](O)CN2C(=O)[C@@H](NC(=O)C2(F)CC2)C(C)(C)C)c(OCCOCCOCCOCCOCCC(=O)Nc2ccc(CNC(=O)c3ccc4n3CCN(Cc3ccc(C(=O)N(C)C)cc3)C43CCC3)cc2)c1. The smallest absolute Gasteiger partial charge is 0.268 e. The Balaban J connectivity index is 0.617. The van der Waals surface area contributed by atoms with E-state index in [2.05, 4.69) is 41.8 Å². The Kier molecular flexibility index (Phi) is 21.9. The number of carbonyl (C=O) groups is 6. The first-order valence-corrected chi connectivity index (χ1v) is 31.3. The zero-order valence-corrected chi connectivity index (χ0v) is 52.1. The predicted octanol–water partition coefficient (Wildman–Crippen LogP) is 6.53. The van der Waals surface area contributed by atoms with Gasteiger partial charge in [0.15, 0.2) is 5.67 Å². The van der Waals surface area contributed by atoms with Crippen LogP contribution >= 0.6 is 11.3 Å². The molecule has 0 bridgehead atoms. The van der Waals surface area contributed by atoms with Gasteiger partial charge in [0.25, 0.3) is 17.7 Å². The molecule has 0 unspecified atom stereocenters. The monoisotopic (exact) mass is 1230 g/mol. The Morgan fingerprint density at radius 1 is 0.795 bits per heavy atom. The number of benzene rings is 3. The summed E-state index contributed by atoms with van der Waals surface area (Å²) in [6.07, 6.45) is 2.60. The summed E-state index contributed by atoms with van der Waals surface area (Å²) in [5, 5.41) is 22.1. The number of alkyl halides is 1. The standard InChI is InChI=1S/C65H84FN9O12S/c1-43-56(88-42-69-43)47-14-15-48(39-68-59(79)52-37-50(76)41-75(52)61(81)57(63(2,3)4)71-62(82)64(66)23-24-64)53(36-47)87-35-34-86-33-32-85-31-30-84-29-28-83-27-20-55(77)70-49-16-10-44(11-17-49)38-67-58(78)51-18-19-54-65(21-7-22-65)73(25-26-74(51)54)40-45-8-12-46(13-9-45)60(80)72(5)6/h8-19,36,42,50,52,57,76H,7,20-35,37-41H2,1-6H3,(H,67,78)(H,68,79)(H,70,77)(H,71,82)/t50-,52+,57-/m1/s1. The molecule has 5 N–H and O–H groups in total. The van der Waals surface area contributed by atoms with E-state index in [1.807, 2.05) is 79.7 Å². The number of halogens is 1. The van der Waals surface area contributed by atoms with Crippen LogP contribution in [0.25, 0.3) is 10.4 Å². The van der Waals surface area contributed by atoms with Gasteiger partial charge in [-0.15, -0.1) is 11.3 Å². The molecule has 3 aromatic carbocycles. The molecule has 9 rings (SSSR count). The summed E-state index contributed by atoms with van der Waals surface area (Å²) in [6.45, 7) is 12.5. The highest BCUT2D eigenvalue weighted by Gasteiger charge is 2.54. The van der Waals surface area contributed by atoms with E-state index in [9.17, 15) is 38.3 Å². The highest BCUT2D eigenvalue weighted by atomic mass is 32.1. The first-order valence-electron chi connectivity index (χ1n) is 30.4. The number of aryl methyl sites for hydroxylation is 1. The van der Waals surface area contributed by atoms with Gasteiger partial charge >= 0.3 is 0 Å². The number of β-amino-alcohol motifs (C(OH)–C–C–N with tert-alkyl or cyclic N) is 1. The van der Waals surface area contributed by atoms with Crippen LogP contribution in [0.3, 0.4) is 0 Å². The lowest BCUT2D eigenvalue weighted by Crippen LogP contribution is -2.59. The molecular weight excluding hydrogens is 1150 g/mol. The minimum atomic E-state index is -1.99. The van der Waals surface area contributed by atoms with Crippen LogP contribution in [0.4, 0.5) is 10.1 Å². The Morgan fingerprint density at radius 3 is 2.07 bits per heavy atom. The van der Waals surface area contributed by atoms with Gasteiger partial charge in [-0.25, -0.2) is 9.37 Å². The summed E-state index contributed by atoms with van der Waals surface area (Å²) in [4.78, 5) is 89.8. The minimum Gasteiger partial charge on any atom is -0.491 e. The number of amides is 6. The van der Waals surface area contributed by atoms with Crippen molar-refractivity contribution >= 4 is 52.5 Å². The molecule has 3 fully saturated rings. The Hall–Kier alpha value is -7.12. The lowest BCUT2D eigenvalue weighted by atomic mass is 9.71. The van der Waals surface area contributed by atoms with Gasteiger partial charge in [-0.05, 0) is 104 Å². The second-order valence-electron chi connectivity index (χ2n) is 24.4. The number of carbonyl (C=O) groups excluding carboxylic acids is 6. The number of rotatable bonds is 30. The molecular formula is C65H84FN9O12S. The van der Waals surface area contributed by atoms with E-state index in [1.165, 1.54) is 21.9 Å². The third-order valence-electron chi connectivity index (χ3n) is 16.7. The summed E-state index contributed by atoms with van der Waals surface area (Å²) in [5.74, 6) is -1.69. The van der Waals surface area contributed by atoms with Crippen molar-refractivity contribution in [2.75, 3.05) is 92.0 Å². The van der Waals surface area contributed by atoms with E-state index in [0.29, 0.717) is 81.0 Å². The number of aromatic nitrogens is 2. The van der Waals surface area contributed by atoms with Crippen molar-refractivity contribution in [1.82, 2.24) is 40.2 Å². The number of nitrogens with one attached hydrogen (secondary N) is 4. The van der Waals surface area contributed by atoms with Crippen LogP contribution in [0, 0.1) is 12.3 Å². The maximum atomic E-state index is 14.7. The van der Waals surface area contributed by atoms with Gasteiger partial charge < -0.3 is 64.4 Å². The number of anilines is 1. The molecule has 23 heteroatoms. The van der Waals surface area contributed by atoms with Crippen LogP contribution in [0.5, 0.6) is 5.75 Å². The zero-order chi connectivity index (χ0) is 62.6. The lowest BCUT2D eigenvalue weighted by Gasteiger charge is -2.53. The van der Waals surface area contributed by atoms with Gasteiger partial charge in [0, 0.05) is 82.3 Å². The first-order chi connectivity index (χ1) is 42.2. The van der Waals surface area contributed by atoms with E-state index in [1.54, 1.807) is 45.3 Å². The summed E-state index contributed by atoms with van der Waals surface area (Å²) in [5.41, 5.74) is 6.52. The van der Waals surface area contributed by atoms with Gasteiger partial charge in [0.2, 0.25) is 17.7 Å². The molecule has 2 aliphatic heterocycles. The molecule has 0 radical (unpaired) electrons. The van der Waals surface area contributed by atoms with Gasteiger partial charge in [0.1, 0.15) is 30.1 Å². The molecule has 1 saturated heterocycles. The van der Waals surface area contributed by atoms with Crippen molar-refractivity contribution in [2.24, 2.45) is 5.41 Å². The van der Waals surface area contributed by atoms with Crippen LogP contribution in [-0.4, -0.2) is 175 Å². The largest absolute Gasteiger partial charge is 0.491 e. The van der Waals surface area contributed by atoms with E-state index in [-0.39, 0.29) is 81.9 Å². The van der Waals surface area contributed by atoms with Crippen LogP contribution in [0.1, 0.15) is 115 Å². The Bertz CT molecular complexity index is 3230. The number of hydrogen-bond acceptors (Lipinski definition) is 15. The second-order valence-corrected chi connectivity index (χ2v) is 25.2.